The van der Waals surface area contributed by atoms with Gasteiger partial charge in [-0.3, -0.25) is 0 Å². The van der Waals surface area contributed by atoms with Crippen molar-refractivity contribution in [2.75, 3.05) is 19.6 Å². The zero-order valence-electron chi connectivity index (χ0n) is 9.60. The summed E-state index contributed by atoms with van der Waals surface area (Å²) in [6, 6.07) is 0.766. The third kappa shape index (κ3) is 2.12. The highest BCUT2D eigenvalue weighted by molar-refractivity contribution is 4.93. The quantitative estimate of drug-likeness (QED) is 0.668. The van der Waals surface area contributed by atoms with E-state index in [0.29, 0.717) is 5.41 Å². The highest BCUT2D eigenvalue weighted by Gasteiger charge is 2.37. The molecular formula is C12H24N2. The van der Waals surface area contributed by atoms with Gasteiger partial charge >= 0.3 is 0 Å². The van der Waals surface area contributed by atoms with Gasteiger partial charge in [0.05, 0.1) is 0 Å². The fraction of sp³-hybridized carbons (Fsp3) is 1.00. The minimum absolute atomic E-state index is 0.686. The molecule has 2 nitrogen and oxygen atoms in total. The molecule has 1 unspecified atom stereocenters. The van der Waals surface area contributed by atoms with Crippen molar-refractivity contribution in [3.63, 3.8) is 0 Å². The molecule has 2 rings (SSSR count). The lowest BCUT2D eigenvalue weighted by atomic mass is 9.68. The van der Waals surface area contributed by atoms with Crippen LogP contribution in [0.1, 0.15) is 39.5 Å². The van der Waals surface area contributed by atoms with E-state index in [1.165, 1.54) is 45.3 Å². The highest BCUT2D eigenvalue weighted by Crippen LogP contribution is 2.40. The predicted molar refractivity (Wildman–Crippen MR) is 60.4 cm³/mol. The standard InChI is InChI=1S/C12H24N2/c1-10(2)11-9-12(5-8-14-11)3-6-13-7-4-12/h10-11,13-14H,3-9H2,1-2H3. The number of hydrogen-bond donors (Lipinski definition) is 2. The Morgan fingerprint density at radius 3 is 2.36 bits per heavy atom. The number of rotatable bonds is 1. The molecule has 1 spiro atoms. The Hall–Kier alpha value is -0.0800. The van der Waals surface area contributed by atoms with Crippen molar-refractivity contribution in [2.45, 2.75) is 45.6 Å². The third-order valence-corrected chi connectivity index (χ3v) is 4.18. The van der Waals surface area contributed by atoms with Gasteiger partial charge in [0, 0.05) is 6.04 Å². The second-order valence-corrected chi connectivity index (χ2v) is 5.51. The van der Waals surface area contributed by atoms with Gasteiger partial charge in [0.15, 0.2) is 0 Å². The summed E-state index contributed by atoms with van der Waals surface area (Å²) < 4.78 is 0. The summed E-state index contributed by atoms with van der Waals surface area (Å²) in [6.07, 6.45) is 5.61. The Morgan fingerprint density at radius 1 is 1.07 bits per heavy atom. The Labute approximate surface area is 87.8 Å². The van der Waals surface area contributed by atoms with Crippen LogP contribution < -0.4 is 10.6 Å². The maximum Gasteiger partial charge on any atom is 0.00953 e. The molecular weight excluding hydrogens is 172 g/mol. The van der Waals surface area contributed by atoms with Crippen molar-refractivity contribution >= 4 is 0 Å². The minimum atomic E-state index is 0.686. The Bertz CT molecular complexity index is 177. The van der Waals surface area contributed by atoms with Gasteiger partial charge < -0.3 is 10.6 Å². The van der Waals surface area contributed by atoms with E-state index in [2.05, 4.69) is 24.5 Å². The molecule has 2 heteroatoms. The first kappa shape index (κ1) is 10.4. The summed E-state index contributed by atoms with van der Waals surface area (Å²) in [6.45, 7) is 8.41. The summed E-state index contributed by atoms with van der Waals surface area (Å²) in [7, 11) is 0. The molecule has 0 aromatic carbocycles. The molecule has 0 aromatic heterocycles. The zero-order valence-corrected chi connectivity index (χ0v) is 9.60. The molecule has 2 aliphatic heterocycles. The minimum Gasteiger partial charge on any atom is -0.317 e. The van der Waals surface area contributed by atoms with Crippen molar-refractivity contribution in [1.29, 1.82) is 0 Å². The van der Waals surface area contributed by atoms with Crippen molar-refractivity contribution in [2.24, 2.45) is 11.3 Å². The van der Waals surface area contributed by atoms with E-state index < -0.39 is 0 Å². The van der Waals surface area contributed by atoms with Gasteiger partial charge in [-0.25, -0.2) is 0 Å². The Balaban J connectivity index is 1.97. The SMILES string of the molecule is CC(C)C1CC2(CCNCC2)CCN1. The summed E-state index contributed by atoms with van der Waals surface area (Å²) >= 11 is 0. The van der Waals surface area contributed by atoms with Gasteiger partial charge in [0.25, 0.3) is 0 Å². The van der Waals surface area contributed by atoms with Crippen molar-refractivity contribution in [1.82, 2.24) is 10.6 Å². The van der Waals surface area contributed by atoms with E-state index >= 15 is 0 Å². The molecule has 2 heterocycles. The normalized spacial score (nSPS) is 32.4. The largest absolute Gasteiger partial charge is 0.317 e. The number of piperidine rings is 2. The van der Waals surface area contributed by atoms with Crippen LogP contribution in [0.3, 0.4) is 0 Å². The van der Waals surface area contributed by atoms with Crippen LogP contribution in [0.2, 0.25) is 0 Å². The van der Waals surface area contributed by atoms with Crippen LogP contribution in [0.25, 0.3) is 0 Å². The topological polar surface area (TPSA) is 24.1 Å². The smallest absolute Gasteiger partial charge is 0.00953 e. The van der Waals surface area contributed by atoms with E-state index in [1.807, 2.05) is 0 Å². The van der Waals surface area contributed by atoms with E-state index in [4.69, 9.17) is 0 Å². The van der Waals surface area contributed by atoms with E-state index in [0.717, 1.165) is 12.0 Å². The van der Waals surface area contributed by atoms with E-state index in [9.17, 15) is 0 Å². The van der Waals surface area contributed by atoms with Gasteiger partial charge in [0.2, 0.25) is 0 Å². The third-order valence-electron chi connectivity index (χ3n) is 4.18. The van der Waals surface area contributed by atoms with Gasteiger partial charge in [0.1, 0.15) is 0 Å². The first-order chi connectivity index (χ1) is 6.72. The first-order valence-corrected chi connectivity index (χ1v) is 6.16. The zero-order chi connectivity index (χ0) is 10.0. The maximum absolute atomic E-state index is 3.67. The molecule has 0 saturated carbocycles. The second kappa shape index (κ2) is 4.19. The van der Waals surface area contributed by atoms with Crippen LogP contribution in [-0.2, 0) is 0 Å². The van der Waals surface area contributed by atoms with E-state index in [-0.39, 0.29) is 0 Å². The van der Waals surface area contributed by atoms with E-state index in [1.54, 1.807) is 0 Å². The molecule has 2 fully saturated rings. The Kier molecular flexibility index (Phi) is 3.13. The molecule has 2 saturated heterocycles. The molecule has 14 heavy (non-hydrogen) atoms. The van der Waals surface area contributed by atoms with Crippen LogP contribution in [0.5, 0.6) is 0 Å². The lowest BCUT2D eigenvalue weighted by Gasteiger charge is -2.45. The Morgan fingerprint density at radius 2 is 1.71 bits per heavy atom. The molecule has 2 N–H and O–H groups in total. The summed E-state index contributed by atoms with van der Waals surface area (Å²) in [5, 5.41) is 7.15. The van der Waals surface area contributed by atoms with Crippen LogP contribution in [0, 0.1) is 11.3 Å². The maximum atomic E-state index is 3.67. The average Bonchev–Trinajstić information content (AvgIpc) is 2.19. The number of nitrogens with one attached hydrogen (secondary N) is 2. The number of hydrogen-bond acceptors (Lipinski definition) is 2. The lowest BCUT2D eigenvalue weighted by molar-refractivity contribution is 0.100. The summed E-state index contributed by atoms with van der Waals surface area (Å²) in [5.74, 6) is 0.794. The van der Waals surface area contributed by atoms with Gasteiger partial charge in [-0.15, -0.1) is 0 Å². The van der Waals surface area contributed by atoms with Gasteiger partial charge in [-0.1, -0.05) is 13.8 Å². The van der Waals surface area contributed by atoms with Crippen LogP contribution >= 0.6 is 0 Å². The summed E-state index contributed by atoms with van der Waals surface area (Å²) in [4.78, 5) is 0. The molecule has 1 atom stereocenters. The average molecular weight is 196 g/mol. The van der Waals surface area contributed by atoms with Crippen LogP contribution in [0.4, 0.5) is 0 Å². The molecule has 0 radical (unpaired) electrons. The van der Waals surface area contributed by atoms with Crippen LogP contribution in [0.15, 0.2) is 0 Å². The molecule has 82 valence electrons. The lowest BCUT2D eigenvalue weighted by Crippen LogP contribution is -2.50. The summed E-state index contributed by atoms with van der Waals surface area (Å²) in [5.41, 5.74) is 0.686. The molecule has 0 bridgehead atoms. The molecule has 0 aliphatic carbocycles. The fourth-order valence-corrected chi connectivity index (χ4v) is 3.05. The van der Waals surface area contributed by atoms with Crippen molar-refractivity contribution < 1.29 is 0 Å². The van der Waals surface area contributed by atoms with Crippen molar-refractivity contribution in [3.8, 4) is 0 Å². The second-order valence-electron chi connectivity index (χ2n) is 5.51. The monoisotopic (exact) mass is 196 g/mol. The molecule has 0 amide bonds. The van der Waals surface area contributed by atoms with Crippen molar-refractivity contribution in [3.05, 3.63) is 0 Å². The predicted octanol–water partition coefficient (Wildman–Crippen LogP) is 1.76. The van der Waals surface area contributed by atoms with Gasteiger partial charge in [-0.2, -0.15) is 0 Å². The fourth-order valence-electron chi connectivity index (χ4n) is 3.05. The molecule has 2 aliphatic rings. The van der Waals surface area contributed by atoms with Crippen LogP contribution in [-0.4, -0.2) is 25.7 Å². The first-order valence-electron chi connectivity index (χ1n) is 6.16. The highest BCUT2D eigenvalue weighted by atomic mass is 15.0. The van der Waals surface area contributed by atoms with Gasteiger partial charge in [-0.05, 0) is 56.7 Å². The molecule has 0 aromatic rings.